The Balaban J connectivity index is 1.86. The molecule has 10 heteroatoms. The van der Waals surface area contributed by atoms with Crippen LogP contribution in [0.3, 0.4) is 0 Å². The number of thioether (sulfide) groups is 1. The smallest absolute Gasteiger partial charge is 0.495 e. The SMILES string of the molecule is COC(=O)C(=O)N(CCCSc1ccccc1)c1cc(-c2ccc(OC(F)(F)F)cc2)ccc1OC. The van der Waals surface area contributed by atoms with Gasteiger partial charge in [0.1, 0.15) is 11.5 Å². The molecule has 3 aromatic rings. The third-order valence-corrected chi connectivity index (χ3v) is 6.13. The third kappa shape index (κ3) is 7.42. The summed E-state index contributed by atoms with van der Waals surface area (Å²) in [4.78, 5) is 27.4. The molecule has 190 valence electrons. The van der Waals surface area contributed by atoms with Crippen molar-refractivity contribution in [3.05, 3.63) is 72.8 Å². The molecule has 36 heavy (non-hydrogen) atoms. The van der Waals surface area contributed by atoms with Gasteiger partial charge in [0.15, 0.2) is 0 Å². The van der Waals surface area contributed by atoms with E-state index in [1.807, 2.05) is 30.3 Å². The number of hydrogen-bond donors (Lipinski definition) is 0. The number of carbonyl (C=O) groups is 2. The summed E-state index contributed by atoms with van der Waals surface area (Å²) in [5.74, 6) is -1.18. The van der Waals surface area contributed by atoms with Gasteiger partial charge in [-0.15, -0.1) is 24.9 Å². The molecule has 0 spiro atoms. The van der Waals surface area contributed by atoms with E-state index in [4.69, 9.17) is 4.74 Å². The van der Waals surface area contributed by atoms with Gasteiger partial charge in [-0.25, -0.2) is 4.79 Å². The van der Waals surface area contributed by atoms with Crippen molar-refractivity contribution < 1.29 is 37.0 Å². The van der Waals surface area contributed by atoms with Crippen LogP contribution in [0.2, 0.25) is 0 Å². The molecule has 6 nitrogen and oxygen atoms in total. The zero-order valence-corrected chi connectivity index (χ0v) is 20.4. The average Bonchev–Trinajstić information content (AvgIpc) is 2.87. The lowest BCUT2D eigenvalue weighted by atomic mass is 10.0. The first-order valence-electron chi connectivity index (χ1n) is 10.8. The number of benzene rings is 3. The maximum Gasteiger partial charge on any atom is 0.573 e. The van der Waals surface area contributed by atoms with E-state index in [2.05, 4.69) is 9.47 Å². The molecule has 0 aliphatic rings. The van der Waals surface area contributed by atoms with Crippen molar-refractivity contribution in [2.24, 2.45) is 0 Å². The first kappa shape index (κ1) is 26.9. The summed E-state index contributed by atoms with van der Waals surface area (Å²) in [6, 6.07) is 20.1. The minimum Gasteiger partial charge on any atom is -0.495 e. The van der Waals surface area contributed by atoms with E-state index < -0.39 is 18.2 Å². The summed E-state index contributed by atoms with van der Waals surface area (Å²) in [6.45, 7) is 0.214. The summed E-state index contributed by atoms with van der Waals surface area (Å²) >= 11 is 1.62. The van der Waals surface area contributed by atoms with Gasteiger partial charge < -0.3 is 14.2 Å². The van der Waals surface area contributed by atoms with Gasteiger partial charge in [0, 0.05) is 11.4 Å². The van der Waals surface area contributed by atoms with Gasteiger partial charge in [0.25, 0.3) is 0 Å². The van der Waals surface area contributed by atoms with Crippen molar-refractivity contribution in [2.45, 2.75) is 17.7 Å². The topological polar surface area (TPSA) is 65.1 Å². The first-order chi connectivity index (χ1) is 17.2. The zero-order valence-electron chi connectivity index (χ0n) is 19.6. The number of halogens is 3. The maximum atomic E-state index is 12.9. The maximum absolute atomic E-state index is 12.9. The summed E-state index contributed by atoms with van der Waals surface area (Å²) in [7, 11) is 2.57. The van der Waals surface area contributed by atoms with Crippen molar-refractivity contribution in [1.82, 2.24) is 0 Å². The normalized spacial score (nSPS) is 11.0. The molecule has 0 atom stereocenters. The molecule has 0 heterocycles. The Labute approximate surface area is 211 Å². The molecule has 0 unspecified atom stereocenters. The Hall–Kier alpha value is -3.66. The van der Waals surface area contributed by atoms with Crippen molar-refractivity contribution in [3.8, 4) is 22.6 Å². The number of hydrogen-bond acceptors (Lipinski definition) is 6. The van der Waals surface area contributed by atoms with Crippen LogP contribution in [0.15, 0.2) is 77.7 Å². The average molecular weight is 520 g/mol. The molecule has 0 aromatic heterocycles. The van der Waals surface area contributed by atoms with E-state index in [9.17, 15) is 22.8 Å². The second kappa shape index (κ2) is 12.3. The molecule has 0 aliphatic heterocycles. The molecule has 0 N–H and O–H groups in total. The van der Waals surface area contributed by atoms with Gasteiger partial charge in [-0.2, -0.15) is 0 Å². The standard InChI is InChI=1S/C26H24F3NO5S/c1-33-23-14-11-19(18-9-12-20(13-10-18)35-26(27,28)29)17-22(23)30(24(31)25(32)34-2)15-6-16-36-21-7-4-3-5-8-21/h3-5,7-14,17H,6,15-16H2,1-2H3. The van der Waals surface area contributed by atoms with Crippen molar-refractivity contribution in [3.63, 3.8) is 0 Å². The van der Waals surface area contributed by atoms with E-state index >= 15 is 0 Å². The van der Waals surface area contributed by atoms with Crippen LogP contribution in [0.25, 0.3) is 11.1 Å². The molecule has 0 saturated carbocycles. The molecular formula is C26H24F3NO5S. The number of ether oxygens (including phenoxy) is 3. The van der Waals surface area contributed by atoms with E-state index in [0.717, 1.165) is 12.0 Å². The molecule has 3 rings (SSSR count). The fourth-order valence-electron chi connectivity index (χ4n) is 3.39. The summed E-state index contributed by atoms with van der Waals surface area (Å²) < 4.78 is 51.4. The van der Waals surface area contributed by atoms with Gasteiger partial charge >= 0.3 is 18.2 Å². The van der Waals surface area contributed by atoms with Gasteiger partial charge in [-0.1, -0.05) is 36.4 Å². The summed E-state index contributed by atoms with van der Waals surface area (Å²) in [5.41, 5.74) is 1.52. The number of nitrogens with zero attached hydrogens (tertiary/aromatic N) is 1. The molecular weight excluding hydrogens is 495 g/mol. The van der Waals surface area contributed by atoms with Crippen molar-refractivity contribution in [1.29, 1.82) is 0 Å². The Morgan fingerprint density at radius 2 is 1.58 bits per heavy atom. The fraction of sp³-hybridized carbons (Fsp3) is 0.231. The minimum atomic E-state index is -4.79. The number of amides is 1. The largest absolute Gasteiger partial charge is 0.573 e. The van der Waals surface area contributed by atoms with E-state index in [1.54, 1.807) is 30.0 Å². The lowest BCUT2D eigenvalue weighted by molar-refractivity contribution is -0.274. The lowest BCUT2D eigenvalue weighted by Gasteiger charge is -2.24. The van der Waals surface area contributed by atoms with Crippen molar-refractivity contribution in [2.75, 3.05) is 31.4 Å². The highest BCUT2D eigenvalue weighted by atomic mass is 32.2. The molecule has 3 aromatic carbocycles. The van der Waals surface area contributed by atoms with Crippen LogP contribution < -0.4 is 14.4 Å². The van der Waals surface area contributed by atoms with Crippen LogP contribution in [0.5, 0.6) is 11.5 Å². The zero-order chi connectivity index (χ0) is 26.1. The Morgan fingerprint density at radius 1 is 0.917 bits per heavy atom. The van der Waals surface area contributed by atoms with Crippen LogP contribution in [-0.4, -0.2) is 44.8 Å². The number of rotatable bonds is 9. The first-order valence-corrected chi connectivity index (χ1v) is 11.8. The summed E-state index contributed by atoms with van der Waals surface area (Å²) in [6.07, 6.45) is -4.22. The second-order valence-corrected chi connectivity index (χ2v) is 8.59. The molecule has 0 bridgehead atoms. The molecule has 1 amide bonds. The highest BCUT2D eigenvalue weighted by Gasteiger charge is 2.31. The lowest BCUT2D eigenvalue weighted by Crippen LogP contribution is -2.38. The van der Waals surface area contributed by atoms with Gasteiger partial charge in [0.2, 0.25) is 0 Å². The predicted molar refractivity (Wildman–Crippen MR) is 131 cm³/mol. The molecule has 0 fully saturated rings. The highest BCUT2D eigenvalue weighted by Crippen LogP contribution is 2.35. The van der Waals surface area contributed by atoms with Gasteiger partial charge in [0.05, 0.1) is 19.9 Å². The number of esters is 1. The van der Waals surface area contributed by atoms with Gasteiger partial charge in [-0.05, 0) is 59.7 Å². The minimum absolute atomic E-state index is 0.214. The van der Waals surface area contributed by atoms with Gasteiger partial charge in [-0.3, -0.25) is 9.69 Å². The molecule has 0 aliphatic carbocycles. The van der Waals surface area contributed by atoms with E-state index in [-0.39, 0.29) is 12.3 Å². The van der Waals surface area contributed by atoms with E-state index in [1.165, 1.54) is 36.3 Å². The fourth-order valence-corrected chi connectivity index (χ4v) is 4.25. The van der Waals surface area contributed by atoms with Crippen LogP contribution in [0.1, 0.15) is 6.42 Å². The number of carbonyl (C=O) groups excluding carboxylic acids is 2. The molecule has 0 radical (unpaired) electrons. The second-order valence-electron chi connectivity index (χ2n) is 7.42. The van der Waals surface area contributed by atoms with E-state index in [0.29, 0.717) is 34.7 Å². The Kier molecular flexibility index (Phi) is 9.24. The Morgan fingerprint density at radius 3 is 2.19 bits per heavy atom. The highest BCUT2D eigenvalue weighted by molar-refractivity contribution is 7.99. The quantitative estimate of drug-likeness (QED) is 0.151. The van der Waals surface area contributed by atoms with Crippen LogP contribution in [-0.2, 0) is 14.3 Å². The van der Waals surface area contributed by atoms with Crippen LogP contribution in [0.4, 0.5) is 18.9 Å². The molecule has 0 saturated heterocycles. The Bertz CT molecular complexity index is 1170. The third-order valence-electron chi connectivity index (χ3n) is 5.03. The van der Waals surface area contributed by atoms with Crippen molar-refractivity contribution >= 4 is 29.3 Å². The number of methoxy groups -OCH3 is 2. The van der Waals surface area contributed by atoms with Crippen LogP contribution >= 0.6 is 11.8 Å². The number of alkyl halides is 3. The van der Waals surface area contributed by atoms with Crippen LogP contribution in [0, 0.1) is 0 Å². The monoisotopic (exact) mass is 519 g/mol. The number of anilines is 1. The predicted octanol–water partition coefficient (Wildman–Crippen LogP) is 5.95. The summed E-state index contributed by atoms with van der Waals surface area (Å²) in [5, 5.41) is 0.